The molecular formula is C19H28IN3O3. The minimum absolute atomic E-state index is 0. The van der Waals surface area contributed by atoms with Gasteiger partial charge in [-0.1, -0.05) is 18.2 Å². The largest absolute Gasteiger partial charge is 0.488 e. The number of para-hydroxylation sites is 1. The molecule has 2 aliphatic heterocycles. The van der Waals surface area contributed by atoms with Crippen LogP contribution in [0.15, 0.2) is 29.3 Å². The molecule has 144 valence electrons. The summed E-state index contributed by atoms with van der Waals surface area (Å²) in [6, 6.07) is 8.16. The summed E-state index contributed by atoms with van der Waals surface area (Å²) in [6.45, 7) is 4.54. The maximum absolute atomic E-state index is 12.0. The van der Waals surface area contributed by atoms with Crippen molar-refractivity contribution in [2.45, 2.75) is 32.3 Å². The predicted octanol–water partition coefficient (Wildman–Crippen LogP) is 2.46. The number of esters is 1. The summed E-state index contributed by atoms with van der Waals surface area (Å²) in [5.74, 6) is 1.63. The Morgan fingerprint density at radius 3 is 2.96 bits per heavy atom. The summed E-state index contributed by atoms with van der Waals surface area (Å²) in [5, 5.41) is 3.41. The second-order valence-corrected chi connectivity index (χ2v) is 6.52. The molecule has 0 saturated carbocycles. The highest BCUT2D eigenvalue weighted by molar-refractivity contribution is 14.0. The molecule has 6 nitrogen and oxygen atoms in total. The molecule has 3 rings (SSSR count). The number of aliphatic imine (C=N–C) groups is 1. The Bertz CT molecular complexity index is 613. The van der Waals surface area contributed by atoms with Crippen molar-refractivity contribution in [2.75, 3.05) is 33.3 Å². The molecule has 2 atom stereocenters. The fourth-order valence-electron chi connectivity index (χ4n) is 3.53. The van der Waals surface area contributed by atoms with E-state index < -0.39 is 0 Å². The molecule has 0 aliphatic carbocycles. The summed E-state index contributed by atoms with van der Waals surface area (Å²) >= 11 is 0. The lowest BCUT2D eigenvalue weighted by Crippen LogP contribution is -2.50. The number of likely N-dealkylation sites (tertiary alicyclic amines) is 1. The van der Waals surface area contributed by atoms with Gasteiger partial charge in [0.1, 0.15) is 11.9 Å². The van der Waals surface area contributed by atoms with Gasteiger partial charge in [-0.05, 0) is 31.4 Å². The Kier molecular flexibility index (Phi) is 7.99. The van der Waals surface area contributed by atoms with Crippen LogP contribution in [0.4, 0.5) is 0 Å². The van der Waals surface area contributed by atoms with Crippen LogP contribution in [-0.4, -0.2) is 56.2 Å². The molecule has 2 unspecified atom stereocenters. The first-order valence-corrected chi connectivity index (χ1v) is 9.08. The van der Waals surface area contributed by atoms with E-state index in [9.17, 15) is 4.79 Å². The molecule has 1 saturated heterocycles. The molecule has 0 spiro atoms. The molecule has 0 bridgehead atoms. The Balaban J connectivity index is 0.00000243. The number of hydrogen-bond donors (Lipinski definition) is 1. The lowest BCUT2D eigenvalue weighted by molar-refractivity contribution is -0.149. The van der Waals surface area contributed by atoms with Crippen LogP contribution in [0, 0.1) is 5.92 Å². The van der Waals surface area contributed by atoms with Crippen LogP contribution in [0.25, 0.3) is 0 Å². The second-order valence-electron chi connectivity index (χ2n) is 6.52. The summed E-state index contributed by atoms with van der Waals surface area (Å²) < 4.78 is 11.1. The lowest BCUT2D eigenvalue weighted by Gasteiger charge is -2.34. The number of nitrogens with one attached hydrogen (secondary N) is 1. The normalized spacial score (nSPS) is 22.1. The molecule has 0 aromatic heterocycles. The molecule has 0 amide bonds. The smallest absolute Gasteiger partial charge is 0.310 e. The second kappa shape index (κ2) is 9.99. The van der Waals surface area contributed by atoms with E-state index in [2.05, 4.69) is 21.3 Å². The number of carbonyl (C=O) groups is 1. The fraction of sp³-hybridized carbons (Fsp3) is 0.579. The first-order chi connectivity index (χ1) is 12.2. The quantitative estimate of drug-likeness (QED) is 0.315. The maximum atomic E-state index is 12.0. The number of carbonyl (C=O) groups excluding carboxylic acids is 1. The van der Waals surface area contributed by atoms with Gasteiger partial charge in [0.05, 0.1) is 19.1 Å². The van der Waals surface area contributed by atoms with Crippen molar-refractivity contribution in [3.63, 3.8) is 0 Å². The van der Waals surface area contributed by atoms with Gasteiger partial charge >= 0.3 is 5.97 Å². The van der Waals surface area contributed by atoms with Crippen molar-refractivity contribution in [3.8, 4) is 5.75 Å². The number of rotatable bonds is 4. The van der Waals surface area contributed by atoms with Gasteiger partial charge in [0, 0.05) is 26.6 Å². The number of nitrogens with zero attached hydrogens (tertiary/aromatic N) is 2. The van der Waals surface area contributed by atoms with Crippen LogP contribution >= 0.6 is 24.0 Å². The van der Waals surface area contributed by atoms with E-state index in [1.54, 1.807) is 7.05 Å². The first-order valence-electron chi connectivity index (χ1n) is 9.08. The zero-order chi connectivity index (χ0) is 17.6. The highest BCUT2D eigenvalue weighted by atomic mass is 127. The summed E-state index contributed by atoms with van der Waals surface area (Å²) in [7, 11) is 1.78. The molecule has 1 aromatic rings. The van der Waals surface area contributed by atoms with E-state index >= 15 is 0 Å². The zero-order valence-corrected chi connectivity index (χ0v) is 17.8. The van der Waals surface area contributed by atoms with Gasteiger partial charge in [0.2, 0.25) is 0 Å². The van der Waals surface area contributed by atoms with Crippen LogP contribution in [0.5, 0.6) is 5.75 Å². The van der Waals surface area contributed by atoms with Crippen molar-refractivity contribution in [3.05, 3.63) is 29.8 Å². The average molecular weight is 473 g/mol. The predicted molar refractivity (Wildman–Crippen MR) is 112 cm³/mol. The maximum Gasteiger partial charge on any atom is 0.310 e. The SMILES string of the molecule is CCOC(=O)C1CCCN(C(=NC)NCC2Cc3ccccc3O2)C1.I. The van der Waals surface area contributed by atoms with E-state index in [-0.39, 0.29) is 42.0 Å². The molecular weight excluding hydrogens is 445 g/mol. The minimum atomic E-state index is -0.0998. The van der Waals surface area contributed by atoms with Gasteiger partial charge in [-0.2, -0.15) is 0 Å². The Morgan fingerprint density at radius 2 is 2.23 bits per heavy atom. The molecule has 0 radical (unpaired) electrons. The van der Waals surface area contributed by atoms with E-state index in [1.165, 1.54) is 5.56 Å². The van der Waals surface area contributed by atoms with E-state index in [0.717, 1.165) is 37.5 Å². The Morgan fingerprint density at radius 1 is 1.42 bits per heavy atom. The van der Waals surface area contributed by atoms with Crippen LogP contribution in [-0.2, 0) is 16.0 Å². The number of guanidine groups is 1. The summed E-state index contributed by atoms with van der Waals surface area (Å²) in [5.41, 5.74) is 1.25. The van der Waals surface area contributed by atoms with Gasteiger partial charge in [0.25, 0.3) is 0 Å². The van der Waals surface area contributed by atoms with Crippen LogP contribution in [0.2, 0.25) is 0 Å². The minimum Gasteiger partial charge on any atom is -0.488 e. The average Bonchev–Trinajstić information content (AvgIpc) is 3.05. The Labute approximate surface area is 172 Å². The third-order valence-corrected chi connectivity index (χ3v) is 4.75. The van der Waals surface area contributed by atoms with Crippen molar-refractivity contribution in [1.82, 2.24) is 10.2 Å². The molecule has 2 heterocycles. The number of ether oxygens (including phenoxy) is 2. The van der Waals surface area contributed by atoms with Crippen molar-refractivity contribution in [1.29, 1.82) is 0 Å². The van der Waals surface area contributed by atoms with Gasteiger partial charge < -0.3 is 19.7 Å². The highest BCUT2D eigenvalue weighted by Crippen LogP contribution is 2.27. The molecule has 7 heteroatoms. The van der Waals surface area contributed by atoms with Crippen molar-refractivity contribution >= 4 is 35.9 Å². The van der Waals surface area contributed by atoms with E-state index in [1.807, 2.05) is 25.1 Å². The van der Waals surface area contributed by atoms with Gasteiger partial charge in [-0.25, -0.2) is 0 Å². The van der Waals surface area contributed by atoms with Crippen LogP contribution in [0.3, 0.4) is 0 Å². The third-order valence-electron chi connectivity index (χ3n) is 4.75. The number of halogens is 1. The van der Waals surface area contributed by atoms with Crippen molar-refractivity contribution in [2.24, 2.45) is 10.9 Å². The van der Waals surface area contributed by atoms with Gasteiger partial charge in [-0.3, -0.25) is 9.79 Å². The molecule has 1 aromatic carbocycles. The number of hydrogen-bond acceptors (Lipinski definition) is 4. The highest BCUT2D eigenvalue weighted by Gasteiger charge is 2.29. The standard InChI is InChI=1S/C19H27N3O3.HI/c1-3-24-18(23)15-8-6-10-22(13-15)19(20-2)21-12-16-11-14-7-4-5-9-17(14)25-16;/h4-5,7,9,15-16H,3,6,8,10-13H2,1-2H3,(H,20,21);1H. The fourth-order valence-corrected chi connectivity index (χ4v) is 3.53. The monoisotopic (exact) mass is 473 g/mol. The zero-order valence-electron chi connectivity index (χ0n) is 15.4. The Hall–Kier alpha value is -1.51. The summed E-state index contributed by atoms with van der Waals surface area (Å²) in [4.78, 5) is 18.5. The molecule has 1 fully saturated rings. The van der Waals surface area contributed by atoms with Gasteiger partial charge in [0.15, 0.2) is 5.96 Å². The number of piperidine rings is 1. The third kappa shape index (κ3) is 5.02. The van der Waals surface area contributed by atoms with E-state index in [4.69, 9.17) is 9.47 Å². The molecule has 1 N–H and O–H groups in total. The first kappa shape index (κ1) is 20.8. The van der Waals surface area contributed by atoms with Crippen molar-refractivity contribution < 1.29 is 14.3 Å². The topological polar surface area (TPSA) is 63.2 Å². The van der Waals surface area contributed by atoms with Crippen LogP contribution < -0.4 is 10.1 Å². The number of benzene rings is 1. The lowest BCUT2D eigenvalue weighted by atomic mass is 9.98. The van der Waals surface area contributed by atoms with Crippen LogP contribution in [0.1, 0.15) is 25.3 Å². The molecule has 2 aliphatic rings. The van der Waals surface area contributed by atoms with E-state index in [0.29, 0.717) is 19.7 Å². The summed E-state index contributed by atoms with van der Waals surface area (Å²) in [6.07, 6.45) is 2.87. The van der Waals surface area contributed by atoms with Gasteiger partial charge in [-0.15, -0.1) is 24.0 Å². The number of fused-ring (bicyclic) bond motifs is 1. The molecule has 26 heavy (non-hydrogen) atoms.